The molecule has 2 aliphatic rings. The van der Waals surface area contributed by atoms with Crippen LogP contribution < -0.4 is 4.90 Å². The minimum absolute atomic E-state index is 0.168. The van der Waals surface area contributed by atoms with E-state index in [1.54, 1.807) is 11.3 Å². The number of morpholine rings is 1. The highest BCUT2D eigenvalue weighted by molar-refractivity contribution is 7.13. The van der Waals surface area contributed by atoms with E-state index in [4.69, 9.17) is 9.72 Å². The van der Waals surface area contributed by atoms with Gasteiger partial charge in [-0.2, -0.15) is 0 Å². The van der Waals surface area contributed by atoms with Crippen LogP contribution in [0.1, 0.15) is 16.8 Å². The normalized spacial score (nSPS) is 17.2. The fourth-order valence-corrected chi connectivity index (χ4v) is 5.42. The highest BCUT2D eigenvalue weighted by Crippen LogP contribution is 2.25. The van der Waals surface area contributed by atoms with Crippen molar-refractivity contribution in [2.24, 2.45) is 0 Å². The fraction of sp³-hybridized carbons (Fsp3) is 0.407. The Morgan fingerprint density at radius 2 is 1.76 bits per heavy atom. The number of anilines is 1. The molecule has 34 heavy (non-hydrogen) atoms. The molecule has 7 heteroatoms. The number of aryl methyl sites for hydroxylation is 1. The largest absolute Gasteiger partial charge is 0.379 e. The summed E-state index contributed by atoms with van der Waals surface area (Å²) < 4.78 is 5.43. The maximum atomic E-state index is 12.9. The highest BCUT2D eigenvalue weighted by Gasteiger charge is 2.22. The third-order valence-corrected chi connectivity index (χ3v) is 7.53. The molecule has 0 unspecified atom stereocenters. The molecule has 2 aromatic carbocycles. The van der Waals surface area contributed by atoms with Gasteiger partial charge in [0.25, 0.3) is 0 Å². The van der Waals surface area contributed by atoms with Crippen LogP contribution in [0.25, 0.3) is 10.6 Å². The fourth-order valence-electron chi connectivity index (χ4n) is 4.60. The molecule has 2 saturated heterocycles. The molecule has 3 aromatic rings. The topological polar surface area (TPSA) is 48.9 Å². The minimum Gasteiger partial charge on any atom is -0.379 e. The van der Waals surface area contributed by atoms with Gasteiger partial charge in [-0.1, -0.05) is 36.4 Å². The highest BCUT2D eigenvalue weighted by atomic mass is 32.1. The van der Waals surface area contributed by atoms with Crippen molar-refractivity contribution >= 4 is 22.9 Å². The lowest BCUT2D eigenvalue weighted by molar-refractivity contribution is -0.130. The Labute approximate surface area is 205 Å². The van der Waals surface area contributed by atoms with Crippen LogP contribution in [0.5, 0.6) is 0 Å². The Balaban J connectivity index is 1.13. The van der Waals surface area contributed by atoms with Crippen LogP contribution in [-0.2, 0) is 22.5 Å². The molecular weight excluding hydrogens is 444 g/mol. The average Bonchev–Trinajstić information content (AvgIpc) is 3.34. The Morgan fingerprint density at radius 1 is 1.00 bits per heavy atom. The number of rotatable bonds is 6. The van der Waals surface area contributed by atoms with Crippen LogP contribution in [-0.4, -0.2) is 73.2 Å². The number of piperazine rings is 1. The Bertz CT molecular complexity index is 1100. The molecule has 0 N–H and O–H groups in total. The molecule has 0 atom stereocenters. The van der Waals surface area contributed by atoms with Gasteiger partial charge in [0.15, 0.2) is 0 Å². The molecule has 0 radical (unpaired) electrons. The number of aromatic nitrogens is 1. The third kappa shape index (κ3) is 5.66. The Kier molecular flexibility index (Phi) is 7.23. The van der Waals surface area contributed by atoms with E-state index >= 15 is 0 Å². The first-order chi connectivity index (χ1) is 16.6. The molecule has 6 nitrogen and oxygen atoms in total. The van der Waals surface area contributed by atoms with E-state index in [2.05, 4.69) is 65.3 Å². The Morgan fingerprint density at radius 3 is 2.50 bits per heavy atom. The van der Waals surface area contributed by atoms with Gasteiger partial charge in [0.05, 0.1) is 25.3 Å². The maximum Gasteiger partial charge on any atom is 0.228 e. The summed E-state index contributed by atoms with van der Waals surface area (Å²) in [7, 11) is 0. The van der Waals surface area contributed by atoms with Gasteiger partial charge in [-0.15, -0.1) is 11.3 Å². The number of hydrogen-bond acceptors (Lipinski definition) is 6. The van der Waals surface area contributed by atoms with Crippen molar-refractivity contribution in [2.45, 2.75) is 19.9 Å². The molecule has 1 amide bonds. The SMILES string of the molecule is Cc1cccc(N2CCN(C(=O)Cc3csc(-c4ccc(CN5CCOCC5)cc4)n3)CC2)c1. The number of nitrogens with zero attached hydrogens (tertiary/aromatic N) is 4. The summed E-state index contributed by atoms with van der Waals surface area (Å²) in [5, 5.41) is 3.00. The van der Waals surface area contributed by atoms with E-state index in [-0.39, 0.29) is 5.91 Å². The van der Waals surface area contributed by atoms with E-state index in [0.717, 1.165) is 75.3 Å². The predicted octanol–water partition coefficient (Wildman–Crippen LogP) is 3.84. The van der Waals surface area contributed by atoms with Gasteiger partial charge < -0.3 is 14.5 Å². The smallest absolute Gasteiger partial charge is 0.228 e. The van der Waals surface area contributed by atoms with Gasteiger partial charge >= 0.3 is 0 Å². The molecule has 2 aliphatic heterocycles. The van der Waals surface area contributed by atoms with Crippen LogP contribution in [0.15, 0.2) is 53.9 Å². The quantitative estimate of drug-likeness (QED) is 0.541. The zero-order valence-corrected chi connectivity index (χ0v) is 20.6. The van der Waals surface area contributed by atoms with Crippen molar-refractivity contribution in [1.82, 2.24) is 14.8 Å². The van der Waals surface area contributed by atoms with Crippen LogP contribution in [0.3, 0.4) is 0 Å². The zero-order chi connectivity index (χ0) is 23.3. The standard InChI is InChI=1S/C27H32N4O2S/c1-21-3-2-4-25(17-21)30-9-11-31(12-10-30)26(32)18-24-20-34-27(28-24)23-7-5-22(6-8-23)19-29-13-15-33-16-14-29/h2-8,17,20H,9-16,18-19H2,1H3. The molecule has 0 saturated carbocycles. The zero-order valence-electron chi connectivity index (χ0n) is 19.8. The minimum atomic E-state index is 0.168. The summed E-state index contributed by atoms with van der Waals surface area (Å²) in [6.45, 7) is 9.95. The lowest BCUT2D eigenvalue weighted by Crippen LogP contribution is -2.49. The number of amides is 1. The second kappa shape index (κ2) is 10.7. The van der Waals surface area contributed by atoms with Gasteiger partial charge in [0.2, 0.25) is 5.91 Å². The molecular formula is C27H32N4O2S. The van der Waals surface area contributed by atoms with E-state index in [1.807, 2.05) is 10.3 Å². The monoisotopic (exact) mass is 476 g/mol. The third-order valence-electron chi connectivity index (χ3n) is 6.59. The second-order valence-corrected chi connectivity index (χ2v) is 9.97. The van der Waals surface area contributed by atoms with Crippen molar-refractivity contribution < 1.29 is 9.53 Å². The van der Waals surface area contributed by atoms with Crippen molar-refractivity contribution in [3.8, 4) is 10.6 Å². The molecule has 178 valence electrons. The molecule has 1 aromatic heterocycles. The van der Waals surface area contributed by atoms with Crippen LogP contribution in [0, 0.1) is 6.92 Å². The molecule has 0 spiro atoms. The van der Waals surface area contributed by atoms with E-state index in [9.17, 15) is 4.79 Å². The van der Waals surface area contributed by atoms with E-state index in [0.29, 0.717) is 6.42 Å². The summed E-state index contributed by atoms with van der Waals surface area (Å²) in [6, 6.07) is 17.2. The summed E-state index contributed by atoms with van der Waals surface area (Å²) in [4.78, 5) is 24.4. The first-order valence-electron chi connectivity index (χ1n) is 12.1. The molecule has 2 fully saturated rings. The van der Waals surface area contributed by atoms with Crippen LogP contribution in [0.4, 0.5) is 5.69 Å². The van der Waals surface area contributed by atoms with Gasteiger partial charge in [-0.05, 0) is 30.2 Å². The average molecular weight is 477 g/mol. The van der Waals surface area contributed by atoms with Crippen molar-refractivity contribution in [3.05, 3.63) is 70.7 Å². The first-order valence-corrected chi connectivity index (χ1v) is 13.0. The number of benzene rings is 2. The predicted molar refractivity (Wildman–Crippen MR) is 137 cm³/mol. The number of carbonyl (C=O) groups excluding carboxylic acids is 1. The molecule has 0 aliphatic carbocycles. The second-order valence-electron chi connectivity index (χ2n) is 9.11. The van der Waals surface area contributed by atoms with Gasteiger partial charge in [0, 0.05) is 62.4 Å². The summed E-state index contributed by atoms with van der Waals surface area (Å²) >= 11 is 1.61. The number of carbonyl (C=O) groups is 1. The van der Waals surface area contributed by atoms with Crippen LogP contribution >= 0.6 is 11.3 Å². The maximum absolute atomic E-state index is 12.9. The molecule has 5 rings (SSSR count). The van der Waals surface area contributed by atoms with Crippen LogP contribution in [0.2, 0.25) is 0 Å². The first kappa shape index (κ1) is 23.0. The number of thiazole rings is 1. The van der Waals surface area contributed by atoms with Gasteiger partial charge in [-0.25, -0.2) is 4.98 Å². The van der Waals surface area contributed by atoms with Gasteiger partial charge in [0.1, 0.15) is 5.01 Å². The summed E-state index contributed by atoms with van der Waals surface area (Å²) in [5.41, 5.74) is 5.79. The lowest BCUT2D eigenvalue weighted by atomic mass is 10.1. The molecule has 0 bridgehead atoms. The van der Waals surface area contributed by atoms with Crippen molar-refractivity contribution in [1.29, 1.82) is 0 Å². The number of ether oxygens (including phenoxy) is 1. The molecule has 3 heterocycles. The summed E-state index contributed by atoms with van der Waals surface area (Å²) in [5.74, 6) is 0.168. The van der Waals surface area contributed by atoms with E-state index < -0.39 is 0 Å². The lowest BCUT2D eigenvalue weighted by Gasteiger charge is -2.36. The van der Waals surface area contributed by atoms with Crippen molar-refractivity contribution in [2.75, 3.05) is 57.4 Å². The number of hydrogen-bond donors (Lipinski definition) is 0. The van der Waals surface area contributed by atoms with E-state index in [1.165, 1.54) is 16.8 Å². The van der Waals surface area contributed by atoms with Gasteiger partial charge in [-0.3, -0.25) is 9.69 Å². The summed E-state index contributed by atoms with van der Waals surface area (Å²) in [6.07, 6.45) is 0.371. The van der Waals surface area contributed by atoms with Crippen molar-refractivity contribution in [3.63, 3.8) is 0 Å². The Hall–Kier alpha value is -2.74.